The van der Waals surface area contributed by atoms with Gasteiger partial charge < -0.3 is 44.8 Å². The Bertz CT molecular complexity index is 2480. The highest BCUT2D eigenvalue weighted by Gasteiger charge is 2.66. The van der Waals surface area contributed by atoms with Gasteiger partial charge in [0.15, 0.2) is 18.3 Å². The molecule has 12 aliphatic rings. The summed E-state index contributed by atoms with van der Waals surface area (Å²) in [5.41, 5.74) is 1.53. The molecular weight excluding hydrogens is 1280 g/mol. The van der Waals surface area contributed by atoms with E-state index in [1.807, 2.05) is 0 Å². The Morgan fingerprint density at radius 2 is 0.635 bits per heavy atom. The molecule has 0 aliphatic heterocycles. The lowest BCUT2D eigenvalue weighted by Crippen LogP contribution is -2.53. The van der Waals surface area contributed by atoms with E-state index >= 15 is 0 Å². The molecule has 0 bridgehead atoms. The van der Waals surface area contributed by atoms with Gasteiger partial charge in [0.05, 0.1) is 36.6 Å². The van der Waals surface area contributed by atoms with Crippen molar-refractivity contribution >= 4 is 12.1 Å². The number of halogens is 10. The third-order valence-electron chi connectivity index (χ3n) is 30.6. The van der Waals surface area contributed by atoms with Crippen LogP contribution in [0.1, 0.15) is 216 Å². The maximum absolute atomic E-state index is 13.2. The Hall–Kier alpha value is -1.49. The monoisotopic (exact) mass is 1400 g/mol. The standard InChI is InChI=1S/3C25H39F3O3.CH3FS/c3*1-15(21(29)25(26,27)28)18-7-8-19-17-6-5-16-13-24(30,14-31-4)12-11-22(16,2)20(17)9-10-23(18,19)3;1-3-2/h3*5,15,17-21,29-30H,6-14H2,1-4H3;1H3/t15-,17-,18+,19-,20-,21+,22-,23+,24-;2*15-,17-,18+,19-,20-,21-,22-,23+,24-;/m000./s1. The van der Waals surface area contributed by atoms with E-state index in [1.165, 1.54) is 23.0 Å². The molecule has 0 saturated heterocycles. The van der Waals surface area contributed by atoms with Gasteiger partial charge in [0.1, 0.15) is 0 Å². The molecule has 0 aromatic rings. The number of alkyl halides is 9. The number of ether oxygens (including phenoxy) is 3. The molecule has 0 amide bonds. The fraction of sp³-hybridized carbons (Fsp3) is 0.921. The van der Waals surface area contributed by atoms with Gasteiger partial charge in [-0.1, -0.05) is 97.3 Å². The van der Waals surface area contributed by atoms with Crippen LogP contribution in [0, 0.1) is 121 Å². The molecule has 27 atom stereocenters. The zero-order valence-corrected chi connectivity index (χ0v) is 60.6. The van der Waals surface area contributed by atoms with Gasteiger partial charge >= 0.3 is 18.5 Å². The van der Waals surface area contributed by atoms with Gasteiger partial charge in [0.25, 0.3) is 0 Å². The first kappa shape index (κ1) is 78.6. The molecule has 0 aromatic carbocycles. The lowest BCUT2D eigenvalue weighted by molar-refractivity contribution is -0.227. The number of aliphatic hydroxyl groups is 6. The second-order valence-electron chi connectivity index (χ2n) is 35.2. The van der Waals surface area contributed by atoms with Gasteiger partial charge in [-0.15, -0.1) is 0 Å². The number of allylic oxidation sites excluding steroid dienone is 3. The Labute approximate surface area is 571 Å². The molecule has 20 heteroatoms. The number of hydrogen-bond acceptors (Lipinski definition) is 10. The van der Waals surface area contributed by atoms with Crippen molar-refractivity contribution in [1.29, 1.82) is 0 Å². The van der Waals surface area contributed by atoms with E-state index in [0.717, 1.165) is 135 Å². The molecule has 0 unspecified atom stereocenters. The predicted molar refractivity (Wildman–Crippen MR) is 354 cm³/mol. The fourth-order valence-electron chi connectivity index (χ4n) is 25.6. The van der Waals surface area contributed by atoms with Crippen molar-refractivity contribution in [1.82, 2.24) is 0 Å². The minimum absolute atomic E-state index is 0.0689. The number of methoxy groups -OCH3 is 3. The van der Waals surface area contributed by atoms with Crippen LogP contribution in [0.4, 0.5) is 43.4 Å². The van der Waals surface area contributed by atoms with Crippen LogP contribution in [0.15, 0.2) is 34.9 Å². The second-order valence-corrected chi connectivity index (χ2v) is 35.5. The Morgan fingerprint density at radius 3 is 0.844 bits per heavy atom. The van der Waals surface area contributed by atoms with Crippen LogP contribution in [0.2, 0.25) is 0 Å². The summed E-state index contributed by atoms with van der Waals surface area (Å²) in [6.07, 6.45) is 9.03. The molecule has 0 spiro atoms. The highest BCUT2D eigenvalue weighted by molar-refractivity contribution is 7.93. The predicted octanol–water partition coefficient (Wildman–Crippen LogP) is 17.7. The molecule has 96 heavy (non-hydrogen) atoms. The maximum Gasteiger partial charge on any atom is 0.414 e. The Morgan fingerprint density at radius 1 is 0.406 bits per heavy atom. The van der Waals surface area contributed by atoms with Crippen LogP contribution >= 0.6 is 12.1 Å². The highest BCUT2D eigenvalue weighted by atomic mass is 32.2. The molecule has 12 aliphatic carbocycles. The molecular formula is C76H120F10O9S. The first-order valence-electron chi connectivity index (χ1n) is 36.6. The van der Waals surface area contributed by atoms with Crippen molar-refractivity contribution < 1.29 is 88.2 Å². The maximum atomic E-state index is 13.2. The quantitative estimate of drug-likeness (QED) is 0.0824. The summed E-state index contributed by atoms with van der Waals surface area (Å²) in [5, 5.41) is 62.7. The summed E-state index contributed by atoms with van der Waals surface area (Å²) >= 11 is 0.250. The third-order valence-corrected chi connectivity index (χ3v) is 30.6. The van der Waals surface area contributed by atoms with Crippen molar-refractivity contribution in [2.45, 2.75) is 270 Å². The van der Waals surface area contributed by atoms with Gasteiger partial charge in [-0.3, -0.25) is 0 Å². The van der Waals surface area contributed by atoms with E-state index in [0.29, 0.717) is 92.3 Å². The van der Waals surface area contributed by atoms with Crippen LogP contribution in [-0.2, 0) is 14.2 Å². The summed E-state index contributed by atoms with van der Waals surface area (Å²) in [4.78, 5) is 0. The van der Waals surface area contributed by atoms with Crippen LogP contribution in [0.3, 0.4) is 0 Å². The van der Waals surface area contributed by atoms with E-state index in [4.69, 9.17) is 14.2 Å². The third kappa shape index (κ3) is 14.3. The summed E-state index contributed by atoms with van der Waals surface area (Å²) in [5.74, 6) is 1.70. The molecule has 6 N–H and O–H groups in total. The van der Waals surface area contributed by atoms with Gasteiger partial charge in [0.2, 0.25) is 0 Å². The fourth-order valence-corrected chi connectivity index (χ4v) is 25.6. The summed E-state index contributed by atoms with van der Waals surface area (Å²) in [6.45, 7) is 19.5. The number of fused-ring (bicyclic) bond motifs is 15. The van der Waals surface area contributed by atoms with Gasteiger partial charge in [-0.05, 0) is 275 Å². The SMILES string of the molecule is COC[C@]1(O)CC[C@@]2(C)C(=CC[C@H]3[C@@H]4CC[C@H]([C@H](C)[C@@H](O)C(F)(F)F)[C@@]4(C)CC[C@@H]32)C1.COC[C@]1(O)CC[C@@]2(C)C(=CC[C@H]3[C@@H]4CC[C@H]([C@H](C)[C@H](O)C(F)(F)F)[C@@]4(C)CC[C@@H]32)C1.COC[C@]1(O)CC[C@@]2(C)C(=CC[C@H]3[C@@H]4CC[C@H]([C@H](C)[C@H](O)C(F)(F)F)[C@@]4(C)CC[C@@H]32)C1.CSF. The van der Waals surface area contributed by atoms with Crippen molar-refractivity contribution in [3.8, 4) is 0 Å². The zero-order chi connectivity index (χ0) is 71.2. The van der Waals surface area contributed by atoms with E-state index in [-0.39, 0.29) is 62.4 Å². The van der Waals surface area contributed by atoms with E-state index in [2.05, 4.69) is 59.8 Å². The summed E-state index contributed by atoms with van der Waals surface area (Å²) in [7, 11) is 4.89. The second kappa shape index (κ2) is 28.5. The zero-order valence-electron chi connectivity index (χ0n) is 59.8. The molecule has 0 radical (unpaired) electrons. The van der Waals surface area contributed by atoms with Crippen molar-refractivity contribution in [2.24, 2.45) is 121 Å². The van der Waals surface area contributed by atoms with E-state index < -0.39 is 71.4 Å². The van der Waals surface area contributed by atoms with Crippen LogP contribution in [0.5, 0.6) is 0 Å². The topological polar surface area (TPSA) is 149 Å². The van der Waals surface area contributed by atoms with Crippen LogP contribution in [-0.4, -0.2) is 132 Å². The van der Waals surface area contributed by atoms with Crippen molar-refractivity contribution in [3.05, 3.63) is 34.9 Å². The first-order chi connectivity index (χ1) is 44.5. The molecule has 0 aromatic heterocycles. The Kier molecular flexibility index (Phi) is 23.4. The van der Waals surface area contributed by atoms with Crippen molar-refractivity contribution in [2.75, 3.05) is 47.4 Å². The molecule has 9 fully saturated rings. The van der Waals surface area contributed by atoms with Crippen LogP contribution < -0.4 is 0 Å². The number of hydrogen-bond donors (Lipinski definition) is 6. The lowest BCUT2D eigenvalue weighted by atomic mass is 9.46. The van der Waals surface area contributed by atoms with Gasteiger partial charge in [0, 0.05) is 39.7 Å². The van der Waals surface area contributed by atoms with Gasteiger partial charge in [-0.25, -0.2) is 0 Å². The van der Waals surface area contributed by atoms with Gasteiger partial charge in [-0.2, -0.15) is 43.4 Å². The van der Waals surface area contributed by atoms with E-state index in [1.54, 1.807) is 42.1 Å². The molecule has 12 rings (SSSR count). The lowest BCUT2D eigenvalue weighted by Gasteiger charge is -2.59. The molecule has 554 valence electrons. The minimum atomic E-state index is -4.55. The normalized spacial score (nSPS) is 45.8. The molecule has 9 saturated carbocycles. The average molecular weight is 1400 g/mol. The number of rotatable bonds is 12. The largest absolute Gasteiger partial charge is 0.414 e. The minimum Gasteiger partial charge on any atom is -0.387 e. The van der Waals surface area contributed by atoms with Crippen LogP contribution in [0.25, 0.3) is 0 Å². The summed E-state index contributed by atoms with van der Waals surface area (Å²) < 4.78 is 145. The number of aliphatic hydroxyl groups excluding tert-OH is 3. The van der Waals surface area contributed by atoms with E-state index in [9.17, 15) is 74.0 Å². The smallest absolute Gasteiger partial charge is 0.387 e. The molecule has 9 nitrogen and oxygen atoms in total. The summed E-state index contributed by atoms with van der Waals surface area (Å²) in [6, 6.07) is 0. The average Bonchev–Trinajstić information content (AvgIpc) is 1.34. The highest BCUT2D eigenvalue weighted by Crippen LogP contribution is 2.72. The Balaban J connectivity index is 0.000000165. The first-order valence-corrected chi connectivity index (χ1v) is 37.7. The molecule has 0 heterocycles. The van der Waals surface area contributed by atoms with Crippen molar-refractivity contribution in [3.63, 3.8) is 0 Å².